The highest BCUT2D eigenvalue weighted by Gasteiger charge is 2.37. The van der Waals surface area contributed by atoms with Crippen LogP contribution in [0.1, 0.15) is 25.7 Å². The van der Waals surface area contributed by atoms with E-state index >= 15 is 0 Å². The van der Waals surface area contributed by atoms with Crippen molar-refractivity contribution in [3.05, 3.63) is 54.9 Å². The largest absolute Gasteiger partial charge is 0.492 e. The molecule has 1 N–H and O–H groups in total. The number of pyridine rings is 1. The monoisotopic (exact) mass is 493 g/mol. The molecule has 2 aliphatic rings. The van der Waals surface area contributed by atoms with Gasteiger partial charge in [-0.3, -0.25) is 4.90 Å². The molecule has 11 heteroatoms. The van der Waals surface area contributed by atoms with Crippen molar-refractivity contribution < 1.29 is 13.2 Å². The highest BCUT2D eigenvalue weighted by atomic mass is 32.2. The molecule has 0 amide bonds. The van der Waals surface area contributed by atoms with Crippen LogP contribution in [-0.2, 0) is 10.0 Å². The molecule has 1 saturated carbocycles. The molecule has 0 radical (unpaired) electrons. The van der Waals surface area contributed by atoms with Gasteiger partial charge in [0.1, 0.15) is 12.4 Å². The molecule has 35 heavy (non-hydrogen) atoms. The van der Waals surface area contributed by atoms with Gasteiger partial charge in [-0.1, -0.05) is 6.07 Å². The van der Waals surface area contributed by atoms with E-state index in [0.29, 0.717) is 42.3 Å². The van der Waals surface area contributed by atoms with Crippen LogP contribution in [0.15, 0.2) is 54.9 Å². The lowest BCUT2D eigenvalue weighted by Crippen LogP contribution is -2.25. The molecule has 4 heterocycles. The van der Waals surface area contributed by atoms with Crippen molar-refractivity contribution in [3.63, 3.8) is 0 Å². The summed E-state index contributed by atoms with van der Waals surface area (Å²) in [5.41, 5.74) is 2.86. The van der Waals surface area contributed by atoms with Gasteiger partial charge in [-0.05, 0) is 75.2 Å². The average molecular weight is 494 g/mol. The minimum atomic E-state index is -3.42. The molecule has 2 fully saturated rings. The van der Waals surface area contributed by atoms with Gasteiger partial charge in [0.05, 0.1) is 23.3 Å². The summed E-state index contributed by atoms with van der Waals surface area (Å²) in [5, 5.41) is 11.6. The van der Waals surface area contributed by atoms with Crippen molar-refractivity contribution in [1.29, 1.82) is 0 Å². The number of nitrogens with one attached hydrogen (secondary N) is 1. The molecule has 0 spiro atoms. The summed E-state index contributed by atoms with van der Waals surface area (Å²) in [5.74, 6) is 1.27. The Morgan fingerprint density at radius 2 is 1.86 bits per heavy atom. The standard InChI is InChI=1S/C24H27N7O3S/c32-35(33,21-10-11-21)30-17-18(16-25-30)22-4-3-5-23-27-24(28-31(22)23)26-19-6-8-20(9-7-19)34-15-14-29-12-1-2-13-29/h3-9,16-17,21H,1-2,10-15H2,(H,26,28). The Labute approximate surface area is 203 Å². The number of fused-ring (bicyclic) bond motifs is 1. The molecule has 0 bridgehead atoms. The number of rotatable bonds is 9. The minimum absolute atomic E-state index is 0.324. The van der Waals surface area contributed by atoms with Gasteiger partial charge in [-0.2, -0.15) is 14.2 Å². The van der Waals surface area contributed by atoms with Crippen LogP contribution in [0.3, 0.4) is 0 Å². The van der Waals surface area contributed by atoms with Crippen LogP contribution in [-0.4, -0.2) is 68.6 Å². The minimum Gasteiger partial charge on any atom is -0.492 e. The first-order valence-electron chi connectivity index (χ1n) is 11.9. The number of nitrogens with zero attached hydrogens (tertiary/aromatic N) is 6. The summed E-state index contributed by atoms with van der Waals surface area (Å²) >= 11 is 0. The summed E-state index contributed by atoms with van der Waals surface area (Å²) in [6.45, 7) is 3.98. The van der Waals surface area contributed by atoms with Crippen LogP contribution >= 0.6 is 0 Å². The smallest absolute Gasteiger partial charge is 0.256 e. The second-order valence-corrected chi connectivity index (χ2v) is 11.1. The molecule has 1 aliphatic carbocycles. The Hall–Kier alpha value is -3.44. The van der Waals surface area contributed by atoms with E-state index in [-0.39, 0.29) is 5.25 Å². The fourth-order valence-corrected chi connectivity index (χ4v) is 5.81. The molecule has 1 aliphatic heterocycles. The molecule has 6 rings (SSSR count). The molecular weight excluding hydrogens is 466 g/mol. The Balaban J connectivity index is 1.16. The molecule has 182 valence electrons. The maximum absolute atomic E-state index is 12.5. The molecule has 0 unspecified atom stereocenters. The van der Waals surface area contributed by atoms with E-state index in [1.165, 1.54) is 25.9 Å². The van der Waals surface area contributed by atoms with Crippen molar-refractivity contribution in [3.8, 4) is 17.0 Å². The summed E-state index contributed by atoms with van der Waals surface area (Å²) in [6, 6.07) is 13.3. The predicted octanol–water partition coefficient (Wildman–Crippen LogP) is 3.15. The van der Waals surface area contributed by atoms with Crippen molar-refractivity contribution in [2.24, 2.45) is 0 Å². The molecule has 3 aromatic heterocycles. The van der Waals surface area contributed by atoms with E-state index in [2.05, 4.69) is 25.4 Å². The van der Waals surface area contributed by atoms with Crippen LogP contribution in [0.5, 0.6) is 5.75 Å². The number of aromatic nitrogens is 5. The Kier molecular flexibility index (Phi) is 5.65. The van der Waals surface area contributed by atoms with Crippen molar-refractivity contribution >= 4 is 27.3 Å². The number of hydrogen-bond donors (Lipinski definition) is 1. The number of benzene rings is 1. The van der Waals surface area contributed by atoms with E-state index in [0.717, 1.165) is 22.1 Å². The second-order valence-electron chi connectivity index (χ2n) is 9.01. The number of anilines is 2. The van der Waals surface area contributed by atoms with Crippen LogP contribution in [0.25, 0.3) is 16.9 Å². The third kappa shape index (κ3) is 4.61. The van der Waals surface area contributed by atoms with Crippen molar-refractivity contribution in [2.75, 3.05) is 31.6 Å². The van der Waals surface area contributed by atoms with Gasteiger partial charge in [-0.15, -0.1) is 5.10 Å². The summed E-state index contributed by atoms with van der Waals surface area (Å²) in [4.78, 5) is 6.99. The summed E-state index contributed by atoms with van der Waals surface area (Å²) in [7, 11) is -3.42. The summed E-state index contributed by atoms with van der Waals surface area (Å²) in [6.07, 6.45) is 7.04. The van der Waals surface area contributed by atoms with E-state index < -0.39 is 10.0 Å². The fourth-order valence-electron chi connectivity index (χ4n) is 4.33. The molecule has 1 aromatic carbocycles. The maximum Gasteiger partial charge on any atom is 0.256 e. The third-order valence-electron chi connectivity index (χ3n) is 6.41. The maximum atomic E-state index is 12.5. The number of hydrogen-bond acceptors (Lipinski definition) is 8. The number of likely N-dealkylation sites (tertiary alicyclic amines) is 1. The lowest BCUT2D eigenvalue weighted by molar-refractivity contribution is 0.238. The molecule has 1 saturated heterocycles. The lowest BCUT2D eigenvalue weighted by Gasteiger charge is -2.15. The van der Waals surface area contributed by atoms with E-state index in [9.17, 15) is 8.42 Å². The first-order valence-corrected chi connectivity index (χ1v) is 13.4. The van der Waals surface area contributed by atoms with Crippen molar-refractivity contribution in [1.82, 2.24) is 28.7 Å². The van der Waals surface area contributed by atoms with E-state index in [1.807, 2.05) is 42.5 Å². The Morgan fingerprint density at radius 3 is 2.63 bits per heavy atom. The van der Waals surface area contributed by atoms with Gasteiger partial charge in [0, 0.05) is 17.8 Å². The van der Waals surface area contributed by atoms with Crippen LogP contribution in [0.4, 0.5) is 11.6 Å². The van der Waals surface area contributed by atoms with Gasteiger partial charge in [0.15, 0.2) is 5.65 Å². The third-order valence-corrected chi connectivity index (χ3v) is 8.44. The van der Waals surface area contributed by atoms with Gasteiger partial charge in [-0.25, -0.2) is 12.9 Å². The van der Waals surface area contributed by atoms with Gasteiger partial charge >= 0.3 is 0 Å². The normalized spacial score (nSPS) is 16.7. The quantitative estimate of drug-likeness (QED) is 0.379. The SMILES string of the molecule is O=S(=O)(C1CC1)n1cc(-c2cccc3nc(Nc4ccc(OCCN5CCCC5)cc4)nn23)cn1. The zero-order chi connectivity index (χ0) is 23.8. The fraction of sp³-hybridized carbons (Fsp3) is 0.375. The summed E-state index contributed by atoms with van der Waals surface area (Å²) < 4.78 is 33.6. The molecule has 0 atom stereocenters. The zero-order valence-electron chi connectivity index (χ0n) is 19.2. The van der Waals surface area contributed by atoms with Crippen LogP contribution < -0.4 is 10.1 Å². The van der Waals surface area contributed by atoms with E-state index in [4.69, 9.17) is 4.74 Å². The number of ether oxygens (including phenoxy) is 1. The van der Waals surface area contributed by atoms with Crippen LogP contribution in [0, 0.1) is 0 Å². The highest BCUT2D eigenvalue weighted by molar-refractivity contribution is 7.90. The van der Waals surface area contributed by atoms with Crippen LogP contribution in [0.2, 0.25) is 0 Å². The van der Waals surface area contributed by atoms with E-state index in [1.54, 1.807) is 16.9 Å². The lowest BCUT2D eigenvalue weighted by atomic mass is 10.2. The average Bonchev–Trinajstić information content (AvgIpc) is 3.23. The van der Waals surface area contributed by atoms with Gasteiger partial charge in [0.25, 0.3) is 10.0 Å². The molecular formula is C24H27N7O3S. The Bertz CT molecular complexity index is 1440. The zero-order valence-corrected chi connectivity index (χ0v) is 20.1. The predicted molar refractivity (Wildman–Crippen MR) is 132 cm³/mol. The van der Waals surface area contributed by atoms with Gasteiger partial charge in [0.2, 0.25) is 5.95 Å². The van der Waals surface area contributed by atoms with Crippen molar-refractivity contribution in [2.45, 2.75) is 30.9 Å². The van der Waals surface area contributed by atoms with Gasteiger partial charge < -0.3 is 10.1 Å². The topological polar surface area (TPSA) is 107 Å². The molecule has 10 nitrogen and oxygen atoms in total. The second kappa shape index (κ2) is 8.97. The first kappa shape index (κ1) is 22.1. The molecule has 4 aromatic rings. The Morgan fingerprint density at radius 1 is 1.06 bits per heavy atom. The first-order chi connectivity index (χ1) is 17.1. The highest BCUT2D eigenvalue weighted by Crippen LogP contribution is 2.30.